The van der Waals surface area contributed by atoms with Gasteiger partial charge in [0.15, 0.2) is 17.5 Å². The smallest absolute Gasteiger partial charge is 0.164 e. The molecule has 0 N–H and O–H groups in total. The van der Waals surface area contributed by atoms with Gasteiger partial charge < -0.3 is 4.42 Å². The molecule has 2 heterocycles. The highest BCUT2D eigenvalue weighted by Gasteiger charge is 2.46. The van der Waals surface area contributed by atoms with Crippen molar-refractivity contribution < 1.29 is 4.42 Å². The monoisotopic (exact) mass is 791 g/mol. The second-order valence-electron chi connectivity index (χ2n) is 15.9. The number of rotatable bonds is 7. The Kier molecular flexibility index (Phi) is 8.36. The minimum absolute atomic E-state index is 0.514. The van der Waals surface area contributed by atoms with Crippen LogP contribution in [0.15, 0.2) is 229 Å². The zero-order valence-corrected chi connectivity index (χ0v) is 33.6. The maximum atomic E-state index is 6.86. The van der Waals surface area contributed by atoms with E-state index in [1.807, 2.05) is 42.5 Å². The van der Waals surface area contributed by atoms with E-state index in [1.54, 1.807) is 0 Å². The summed E-state index contributed by atoms with van der Waals surface area (Å²) in [5.74, 6) is 1.78. The molecule has 12 rings (SSSR count). The molecule has 4 heteroatoms. The van der Waals surface area contributed by atoms with Crippen LogP contribution < -0.4 is 0 Å². The van der Waals surface area contributed by atoms with Crippen LogP contribution in [0.4, 0.5) is 0 Å². The lowest BCUT2D eigenvalue weighted by Crippen LogP contribution is -2.28. The zero-order valence-electron chi connectivity index (χ0n) is 33.6. The van der Waals surface area contributed by atoms with Gasteiger partial charge in [-0.2, -0.15) is 0 Å². The molecule has 0 atom stereocenters. The van der Waals surface area contributed by atoms with Gasteiger partial charge in [0.2, 0.25) is 0 Å². The van der Waals surface area contributed by atoms with Crippen LogP contribution in [0.2, 0.25) is 0 Å². The second kappa shape index (κ2) is 14.5. The summed E-state index contributed by atoms with van der Waals surface area (Å²) in [6.07, 6.45) is 0. The minimum Gasteiger partial charge on any atom is -0.456 e. The highest BCUT2D eigenvalue weighted by Crippen LogP contribution is 2.56. The lowest BCUT2D eigenvalue weighted by Gasteiger charge is -2.33. The molecule has 1 aliphatic rings. The van der Waals surface area contributed by atoms with Gasteiger partial charge in [-0.05, 0) is 92.0 Å². The van der Waals surface area contributed by atoms with E-state index in [1.165, 1.54) is 27.8 Å². The van der Waals surface area contributed by atoms with Crippen molar-refractivity contribution >= 4 is 21.9 Å². The quantitative estimate of drug-likeness (QED) is 0.161. The average molecular weight is 792 g/mol. The number of fused-ring (bicyclic) bond motifs is 6. The standard InChI is InChI=1S/C58H37N3O/c1-5-17-38(18-6-1)42-33-43(39-19-7-2-8-20-39)35-44(34-42)57-60-55(40-21-9-3-10-22-40)59-56(61-57)41-29-31-49-50-32-30-46(37-54(50)62-53(49)36-41)58(45-23-11-4-12-24-45)51-27-15-13-25-47(51)48-26-14-16-28-52(48)58/h1-37H. The van der Waals surface area contributed by atoms with Gasteiger partial charge in [0, 0.05) is 27.5 Å². The number of hydrogen-bond donors (Lipinski definition) is 0. The first-order chi connectivity index (χ1) is 30.7. The van der Waals surface area contributed by atoms with E-state index in [0.29, 0.717) is 17.5 Å². The summed E-state index contributed by atoms with van der Waals surface area (Å²) in [6.45, 7) is 0. The van der Waals surface area contributed by atoms with Crippen LogP contribution in [0, 0.1) is 0 Å². The van der Waals surface area contributed by atoms with Crippen molar-refractivity contribution in [3.63, 3.8) is 0 Å². The topological polar surface area (TPSA) is 51.8 Å². The van der Waals surface area contributed by atoms with E-state index < -0.39 is 5.41 Å². The van der Waals surface area contributed by atoms with Gasteiger partial charge in [-0.3, -0.25) is 0 Å². The van der Waals surface area contributed by atoms with E-state index in [2.05, 4.69) is 182 Å². The molecule has 0 radical (unpaired) electrons. The predicted molar refractivity (Wildman–Crippen MR) is 252 cm³/mol. The van der Waals surface area contributed by atoms with E-state index in [0.717, 1.165) is 66.4 Å². The average Bonchev–Trinajstić information content (AvgIpc) is 3.88. The summed E-state index contributed by atoms with van der Waals surface area (Å²) in [5.41, 5.74) is 15.6. The van der Waals surface area contributed by atoms with E-state index >= 15 is 0 Å². The van der Waals surface area contributed by atoms with Gasteiger partial charge in [-0.25, -0.2) is 15.0 Å². The van der Waals surface area contributed by atoms with Gasteiger partial charge in [0.1, 0.15) is 11.2 Å². The first kappa shape index (κ1) is 35.7. The van der Waals surface area contributed by atoms with E-state index in [-0.39, 0.29) is 0 Å². The second-order valence-corrected chi connectivity index (χ2v) is 15.9. The van der Waals surface area contributed by atoms with Crippen LogP contribution in [0.5, 0.6) is 0 Å². The van der Waals surface area contributed by atoms with Gasteiger partial charge in [0.05, 0.1) is 5.41 Å². The first-order valence-corrected chi connectivity index (χ1v) is 21.0. The van der Waals surface area contributed by atoms with Gasteiger partial charge in [-0.1, -0.05) is 188 Å². The summed E-state index contributed by atoms with van der Waals surface area (Å²) in [6, 6.07) is 79.2. The Bertz CT molecular complexity index is 3350. The summed E-state index contributed by atoms with van der Waals surface area (Å²) in [7, 11) is 0. The third kappa shape index (κ3) is 5.80. The lowest BCUT2D eigenvalue weighted by molar-refractivity contribution is 0.665. The molecule has 0 spiro atoms. The van der Waals surface area contributed by atoms with Crippen LogP contribution in [-0.4, -0.2) is 15.0 Å². The number of benzene rings is 9. The van der Waals surface area contributed by atoms with Crippen LogP contribution >= 0.6 is 0 Å². The number of furan rings is 1. The van der Waals surface area contributed by atoms with Gasteiger partial charge in [-0.15, -0.1) is 0 Å². The molecule has 62 heavy (non-hydrogen) atoms. The lowest BCUT2D eigenvalue weighted by atomic mass is 9.67. The molecule has 290 valence electrons. The maximum absolute atomic E-state index is 6.86. The van der Waals surface area contributed by atoms with Crippen molar-refractivity contribution in [2.75, 3.05) is 0 Å². The molecule has 9 aromatic carbocycles. The van der Waals surface area contributed by atoms with Crippen LogP contribution in [-0.2, 0) is 5.41 Å². The predicted octanol–water partition coefficient (Wildman–Crippen LogP) is 14.5. The molecule has 0 unspecified atom stereocenters. The fourth-order valence-corrected chi connectivity index (χ4v) is 9.56. The van der Waals surface area contributed by atoms with Crippen molar-refractivity contribution in [2.45, 2.75) is 5.41 Å². The molecule has 0 aliphatic heterocycles. The Morgan fingerprint density at radius 1 is 0.290 bits per heavy atom. The summed E-state index contributed by atoms with van der Waals surface area (Å²) < 4.78 is 6.86. The van der Waals surface area contributed by atoms with Crippen molar-refractivity contribution in [1.29, 1.82) is 0 Å². The Labute approximate surface area is 359 Å². The zero-order chi connectivity index (χ0) is 41.0. The molecule has 0 saturated heterocycles. The van der Waals surface area contributed by atoms with Crippen molar-refractivity contribution in [3.8, 4) is 67.5 Å². The van der Waals surface area contributed by atoms with Crippen molar-refractivity contribution in [1.82, 2.24) is 15.0 Å². The third-order valence-corrected chi connectivity index (χ3v) is 12.4. The summed E-state index contributed by atoms with van der Waals surface area (Å²) in [4.78, 5) is 15.5. The number of aromatic nitrogens is 3. The highest BCUT2D eigenvalue weighted by atomic mass is 16.3. The van der Waals surface area contributed by atoms with Gasteiger partial charge in [0.25, 0.3) is 0 Å². The first-order valence-electron chi connectivity index (χ1n) is 21.0. The van der Waals surface area contributed by atoms with Gasteiger partial charge >= 0.3 is 0 Å². The van der Waals surface area contributed by atoms with Crippen LogP contribution in [0.3, 0.4) is 0 Å². The van der Waals surface area contributed by atoms with E-state index in [9.17, 15) is 0 Å². The molecule has 2 aromatic heterocycles. The van der Waals surface area contributed by atoms with Crippen molar-refractivity contribution in [2.24, 2.45) is 0 Å². The van der Waals surface area contributed by atoms with Crippen LogP contribution in [0.25, 0.3) is 89.5 Å². The SMILES string of the molecule is c1ccc(-c2cc(-c3ccccc3)cc(-c3nc(-c4ccccc4)nc(-c4ccc5c(c4)oc4cc(C6(c7ccccc7)c7ccccc7-c7ccccc76)ccc45)n3)c2)cc1. The molecule has 0 fully saturated rings. The minimum atomic E-state index is -0.514. The fraction of sp³-hybridized carbons (Fsp3) is 0.0172. The molecular formula is C58H37N3O. The normalized spacial score (nSPS) is 12.6. The molecule has 1 aliphatic carbocycles. The van der Waals surface area contributed by atoms with Crippen LogP contribution in [0.1, 0.15) is 22.3 Å². The molecule has 0 saturated carbocycles. The summed E-state index contributed by atoms with van der Waals surface area (Å²) >= 11 is 0. The Hall–Kier alpha value is -8.21. The van der Waals surface area contributed by atoms with Crippen molar-refractivity contribution in [3.05, 3.63) is 247 Å². The Morgan fingerprint density at radius 3 is 1.31 bits per heavy atom. The number of hydrogen-bond acceptors (Lipinski definition) is 4. The fourth-order valence-electron chi connectivity index (χ4n) is 9.56. The Balaban J connectivity index is 1.02. The van der Waals surface area contributed by atoms with E-state index in [4.69, 9.17) is 19.4 Å². The molecule has 0 amide bonds. The maximum Gasteiger partial charge on any atom is 0.164 e. The largest absolute Gasteiger partial charge is 0.456 e. The number of nitrogens with zero attached hydrogens (tertiary/aromatic N) is 3. The third-order valence-electron chi connectivity index (χ3n) is 12.4. The molecular weight excluding hydrogens is 755 g/mol. The molecule has 0 bridgehead atoms. The molecule has 11 aromatic rings. The molecule has 4 nitrogen and oxygen atoms in total. The highest BCUT2D eigenvalue weighted by molar-refractivity contribution is 6.06. The summed E-state index contributed by atoms with van der Waals surface area (Å²) in [5, 5.41) is 2.10. The Morgan fingerprint density at radius 2 is 0.726 bits per heavy atom.